The molecule has 0 amide bonds. The van der Waals surface area contributed by atoms with Gasteiger partial charge in [-0.3, -0.25) is 10.1 Å². The number of anilines is 2. The van der Waals surface area contributed by atoms with E-state index in [2.05, 4.69) is 27.6 Å². The fourth-order valence-electron chi connectivity index (χ4n) is 2.54. The van der Waals surface area contributed by atoms with Gasteiger partial charge in [0.25, 0.3) is 5.69 Å². The Bertz CT molecular complexity index is 490. The van der Waals surface area contributed by atoms with Gasteiger partial charge < -0.3 is 15.6 Å². The van der Waals surface area contributed by atoms with Crippen LogP contribution < -0.4 is 16.6 Å². The zero-order valence-corrected chi connectivity index (χ0v) is 12.2. The Kier molecular flexibility index (Phi) is 5.29. The molecule has 1 aromatic rings. The zero-order chi connectivity index (χ0) is 15.2. The first kappa shape index (κ1) is 15.5. The first-order valence-electron chi connectivity index (χ1n) is 7.18. The normalized spacial score (nSPS) is 16.7. The van der Waals surface area contributed by atoms with E-state index in [0.29, 0.717) is 18.3 Å². The molecule has 1 atom stereocenters. The molecule has 1 saturated heterocycles. The van der Waals surface area contributed by atoms with Crippen molar-refractivity contribution in [3.8, 4) is 0 Å². The molecule has 21 heavy (non-hydrogen) atoms. The summed E-state index contributed by atoms with van der Waals surface area (Å²) in [5, 5.41) is 14.0. The van der Waals surface area contributed by atoms with Gasteiger partial charge in [-0.25, -0.2) is 10.8 Å². The molecular weight excluding hydrogens is 272 g/mol. The molecule has 0 saturated carbocycles. The van der Waals surface area contributed by atoms with E-state index in [9.17, 15) is 10.1 Å². The highest BCUT2D eigenvalue weighted by Gasteiger charge is 2.15. The van der Waals surface area contributed by atoms with Gasteiger partial charge in [-0.1, -0.05) is 6.92 Å². The zero-order valence-electron chi connectivity index (χ0n) is 12.2. The van der Waals surface area contributed by atoms with Crippen molar-refractivity contribution >= 4 is 17.3 Å². The third-order valence-electron chi connectivity index (χ3n) is 3.57. The van der Waals surface area contributed by atoms with Gasteiger partial charge in [0.05, 0.1) is 17.1 Å². The predicted molar refractivity (Wildman–Crippen MR) is 82.0 cm³/mol. The molecular formula is C13H22N6O2. The second kappa shape index (κ2) is 7.19. The fraction of sp³-hybridized carbons (Fsp3) is 0.615. The number of hydrazine groups is 1. The molecule has 1 unspecified atom stereocenters. The van der Waals surface area contributed by atoms with Crippen LogP contribution in [-0.4, -0.2) is 41.0 Å². The monoisotopic (exact) mass is 294 g/mol. The van der Waals surface area contributed by atoms with Crippen LogP contribution in [0.5, 0.6) is 0 Å². The van der Waals surface area contributed by atoms with Crippen molar-refractivity contribution in [2.45, 2.75) is 19.8 Å². The van der Waals surface area contributed by atoms with Gasteiger partial charge in [-0.2, -0.15) is 0 Å². The number of aromatic nitrogens is 1. The van der Waals surface area contributed by atoms with Crippen molar-refractivity contribution in [3.63, 3.8) is 0 Å². The molecule has 1 aliphatic rings. The highest BCUT2D eigenvalue weighted by molar-refractivity contribution is 5.54. The van der Waals surface area contributed by atoms with Crippen LogP contribution in [0.4, 0.5) is 17.3 Å². The van der Waals surface area contributed by atoms with Crippen molar-refractivity contribution in [3.05, 3.63) is 22.2 Å². The standard InChI is InChI=1S/C13H22N6O2/c1-10(9-18-4-2-3-5-18)8-15-12-6-11(19(20)21)7-13(16-12)17-14/h6-7,10H,2-5,8-9,14H2,1H3,(H2,15,16,17). The SMILES string of the molecule is CC(CNc1cc([N+](=O)[O-])cc(NN)n1)CN1CCCC1. The lowest BCUT2D eigenvalue weighted by atomic mass is 10.1. The third-order valence-corrected chi connectivity index (χ3v) is 3.57. The van der Waals surface area contributed by atoms with Crippen LogP contribution in [0.1, 0.15) is 19.8 Å². The summed E-state index contributed by atoms with van der Waals surface area (Å²) in [6.07, 6.45) is 2.55. The topological polar surface area (TPSA) is 109 Å². The number of nitrogens with zero attached hydrogens (tertiary/aromatic N) is 3. The van der Waals surface area contributed by atoms with Crippen molar-refractivity contribution in [1.29, 1.82) is 0 Å². The van der Waals surface area contributed by atoms with Gasteiger partial charge >= 0.3 is 0 Å². The second-order valence-corrected chi connectivity index (χ2v) is 5.49. The molecule has 0 aromatic carbocycles. The predicted octanol–water partition coefficient (Wildman–Crippen LogP) is 1.42. The van der Waals surface area contributed by atoms with Crippen LogP contribution in [0.25, 0.3) is 0 Å². The molecule has 116 valence electrons. The van der Waals surface area contributed by atoms with E-state index in [1.165, 1.54) is 38.1 Å². The number of likely N-dealkylation sites (tertiary alicyclic amines) is 1. The first-order valence-corrected chi connectivity index (χ1v) is 7.18. The summed E-state index contributed by atoms with van der Waals surface area (Å²) in [6, 6.07) is 2.72. The minimum atomic E-state index is -0.457. The van der Waals surface area contributed by atoms with Gasteiger partial charge in [0, 0.05) is 13.1 Å². The minimum absolute atomic E-state index is 0.0346. The van der Waals surface area contributed by atoms with E-state index in [-0.39, 0.29) is 11.5 Å². The fourth-order valence-corrected chi connectivity index (χ4v) is 2.54. The minimum Gasteiger partial charge on any atom is -0.369 e. The van der Waals surface area contributed by atoms with E-state index in [0.717, 1.165) is 6.54 Å². The number of pyridine rings is 1. The molecule has 0 spiro atoms. The summed E-state index contributed by atoms with van der Waals surface area (Å²) >= 11 is 0. The Labute approximate surface area is 123 Å². The summed E-state index contributed by atoms with van der Waals surface area (Å²) < 4.78 is 0. The molecule has 8 heteroatoms. The molecule has 1 aliphatic heterocycles. The molecule has 2 heterocycles. The molecule has 0 aliphatic carbocycles. The van der Waals surface area contributed by atoms with Crippen molar-refractivity contribution in [2.24, 2.45) is 11.8 Å². The van der Waals surface area contributed by atoms with Crippen molar-refractivity contribution < 1.29 is 4.92 Å². The first-order chi connectivity index (χ1) is 10.1. The maximum Gasteiger partial charge on any atom is 0.276 e. The summed E-state index contributed by atoms with van der Waals surface area (Å²) in [6.45, 7) is 6.24. The van der Waals surface area contributed by atoms with E-state index in [4.69, 9.17) is 5.84 Å². The van der Waals surface area contributed by atoms with E-state index in [1.54, 1.807) is 0 Å². The molecule has 2 rings (SSSR count). The molecule has 0 bridgehead atoms. The molecule has 1 fully saturated rings. The molecule has 8 nitrogen and oxygen atoms in total. The van der Waals surface area contributed by atoms with Crippen LogP contribution in [-0.2, 0) is 0 Å². The lowest BCUT2D eigenvalue weighted by Gasteiger charge is -2.20. The number of hydrogen-bond acceptors (Lipinski definition) is 7. The number of nitrogen functional groups attached to an aromatic ring is 1. The lowest BCUT2D eigenvalue weighted by molar-refractivity contribution is -0.384. The molecule has 0 radical (unpaired) electrons. The third kappa shape index (κ3) is 4.54. The van der Waals surface area contributed by atoms with E-state index < -0.39 is 4.92 Å². The summed E-state index contributed by atoms with van der Waals surface area (Å²) in [5.74, 6) is 6.47. The number of nitrogens with two attached hydrogens (primary N) is 1. The highest BCUT2D eigenvalue weighted by atomic mass is 16.6. The summed E-state index contributed by atoms with van der Waals surface area (Å²) in [5.41, 5.74) is 2.31. The molecule has 1 aromatic heterocycles. The van der Waals surface area contributed by atoms with Gasteiger partial charge in [0.2, 0.25) is 0 Å². The van der Waals surface area contributed by atoms with Crippen molar-refractivity contribution in [1.82, 2.24) is 9.88 Å². The maximum absolute atomic E-state index is 10.9. The Morgan fingerprint density at radius 1 is 1.43 bits per heavy atom. The smallest absolute Gasteiger partial charge is 0.276 e. The van der Waals surface area contributed by atoms with Crippen LogP contribution in [0.15, 0.2) is 12.1 Å². The Morgan fingerprint density at radius 2 is 2.10 bits per heavy atom. The second-order valence-electron chi connectivity index (χ2n) is 5.49. The van der Waals surface area contributed by atoms with Crippen LogP contribution in [0.3, 0.4) is 0 Å². The number of nitro groups is 1. The van der Waals surface area contributed by atoms with Gasteiger partial charge in [-0.05, 0) is 31.8 Å². The Balaban J connectivity index is 1.92. The number of hydrogen-bond donors (Lipinski definition) is 3. The largest absolute Gasteiger partial charge is 0.369 e. The average molecular weight is 294 g/mol. The Hall–Kier alpha value is -1.93. The highest BCUT2D eigenvalue weighted by Crippen LogP contribution is 2.20. The number of rotatable bonds is 7. The Morgan fingerprint density at radius 3 is 2.71 bits per heavy atom. The van der Waals surface area contributed by atoms with Gasteiger partial charge in [0.1, 0.15) is 11.6 Å². The van der Waals surface area contributed by atoms with E-state index in [1.807, 2.05) is 0 Å². The summed E-state index contributed by atoms with van der Waals surface area (Å²) in [4.78, 5) is 17.0. The van der Waals surface area contributed by atoms with Crippen LogP contribution in [0.2, 0.25) is 0 Å². The van der Waals surface area contributed by atoms with Crippen LogP contribution >= 0.6 is 0 Å². The summed E-state index contributed by atoms with van der Waals surface area (Å²) in [7, 11) is 0. The quantitative estimate of drug-likeness (QED) is 0.396. The maximum atomic E-state index is 10.9. The van der Waals surface area contributed by atoms with Gasteiger partial charge in [0.15, 0.2) is 0 Å². The van der Waals surface area contributed by atoms with E-state index >= 15 is 0 Å². The number of nitrogens with one attached hydrogen (secondary N) is 2. The average Bonchev–Trinajstić information content (AvgIpc) is 2.97. The lowest BCUT2D eigenvalue weighted by Crippen LogP contribution is -2.29. The van der Waals surface area contributed by atoms with Crippen molar-refractivity contribution in [2.75, 3.05) is 36.9 Å². The van der Waals surface area contributed by atoms with Crippen LogP contribution in [0, 0.1) is 16.0 Å². The molecule has 4 N–H and O–H groups in total. The van der Waals surface area contributed by atoms with Gasteiger partial charge in [-0.15, -0.1) is 0 Å².